The number of anilines is 1. The van der Waals surface area contributed by atoms with E-state index in [2.05, 4.69) is 23.3 Å². The van der Waals surface area contributed by atoms with Crippen molar-refractivity contribution in [2.24, 2.45) is 5.92 Å². The van der Waals surface area contributed by atoms with Crippen LogP contribution in [0.2, 0.25) is 5.02 Å². The van der Waals surface area contributed by atoms with E-state index in [4.69, 9.17) is 11.6 Å². The van der Waals surface area contributed by atoms with Crippen LogP contribution in [-0.2, 0) is 6.54 Å². The summed E-state index contributed by atoms with van der Waals surface area (Å²) in [6.07, 6.45) is 5.53. The standard InChI is InChI=1S/C15H23ClN2/c1-17-10-13-8-5-9-14(16)15(13)18(2)11-12-6-3-4-7-12/h5,8-9,12,17H,3-4,6-7,10-11H2,1-2H3. The summed E-state index contributed by atoms with van der Waals surface area (Å²) in [5.41, 5.74) is 2.48. The van der Waals surface area contributed by atoms with Crippen LogP contribution in [0.15, 0.2) is 18.2 Å². The van der Waals surface area contributed by atoms with Gasteiger partial charge in [0.1, 0.15) is 0 Å². The fourth-order valence-electron chi connectivity index (χ4n) is 2.99. The molecule has 3 heteroatoms. The van der Waals surface area contributed by atoms with Crippen LogP contribution in [0, 0.1) is 5.92 Å². The number of nitrogens with zero attached hydrogens (tertiary/aromatic N) is 1. The van der Waals surface area contributed by atoms with Gasteiger partial charge in [0.2, 0.25) is 0 Å². The summed E-state index contributed by atoms with van der Waals surface area (Å²) in [7, 11) is 4.14. The van der Waals surface area contributed by atoms with E-state index in [1.54, 1.807) is 0 Å². The fraction of sp³-hybridized carbons (Fsp3) is 0.600. The molecule has 0 spiro atoms. The van der Waals surface area contributed by atoms with Crippen LogP contribution in [-0.4, -0.2) is 20.6 Å². The van der Waals surface area contributed by atoms with E-state index in [0.29, 0.717) is 0 Å². The number of hydrogen-bond acceptors (Lipinski definition) is 2. The second-order valence-electron chi connectivity index (χ2n) is 5.31. The van der Waals surface area contributed by atoms with Gasteiger partial charge in [-0.2, -0.15) is 0 Å². The Morgan fingerprint density at radius 1 is 1.33 bits per heavy atom. The third-order valence-corrected chi connectivity index (χ3v) is 4.13. The van der Waals surface area contributed by atoms with Gasteiger partial charge in [0, 0.05) is 20.1 Å². The molecule has 0 heterocycles. The number of hydrogen-bond donors (Lipinski definition) is 1. The van der Waals surface area contributed by atoms with Crippen molar-refractivity contribution in [2.75, 3.05) is 25.5 Å². The van der Waals surface area contributed by atoms with Gasteiger partial charge in [-0.05, 0) is 37.4 Å². The van der Waals surface area contributed by atoms with Crippen molar-refractivity contribution in [1.82, 2.24) is 5.32 Å². The minimum Gasteiger partial charge on any atom is -0.373 e. The summed E-state index contributed by atoms with van der Waals surface area (Å²) in [5.74, 6) is 0.841. The van der Waals surface area contributed by atoms with Gasteiger partial charge in [0.25, 0.3) is 0 Å². The Balaban J connectivity index is 2.14. The van der Waals surface area contributed by atoms with Crippen molar-refractivity contribution in [3.63, 3.8) is 0 Å². The molecule has 1 fully saturated rings. The number of benzene rings is 1. The van der Waals surface area contributed by atoms with Crippen molar-refractivity contribution >= 4 is 17.3 Å². The molecule has 1 aliphatic carbocycles. The van der Waals surface area contributed by atoms with Crippen LogP contribution < -0.4 is 10.2 Å². The number of para-hydroxylation sites is 1. The molecule has 0 saturated heterocycles. The summed E-state index contributed by atoms with van der Waals surface area (Å²) in [4.78, 5) is 2.34. The monoisotopic (exact) mass is 266 g/mol. The number of rotatable bonds is 5. The SMILES string of the molecule is CNCc1cccc(Cl)c1N(C)CC1CCCC1. The van der Waals surface area contributed by atoms with E-state index >= 15 is 0 Å². The van der Waals surface area contributed by atoms with Crippen LogP contribution in [0.5, 0.6) is 0 Å². The molecule has 100 valence electrons. The van der Waals surface area contributed by atoms with Crippen LogP contribution in [0.4, 0.5) is 5.69 Å². The molecule has 1 aromatic rings. The molecule has 2 rings (SSSR count). The van der Waals surface area contributed by atoms with Gasteiger partial charge in [-0.3, -0.25) is 0 Å². The van der Waals surface area contributed by atoms with E-state index in [1.807, 2.05) is 19.2 Å². The largest absolute Gasteiger partial charge is 0.373 e. The van der Waals surface area contributed by atoms with Gasteiger partial charge >= 0.3 is 0 Å². The zero-order chi connectivity index (χ0) is 13.0. The number of halogens is 1. The predicted molar refractivity (Wildman–Crippen MR) is 79.4 cm³/mol. The summed E-state index contributed by atoms with van der Waals surface area (Å²) in [6.45, 7) is 1.99. The first-order chi connectivity index (χ1) is 8.72. The van der Waals surface area contributed by atoms with Crippen molar-refractivity contribution in [2.45, 2.75) is 32.2 Å². The predicted octanol–water partition coefficient (Wildman–Crippen LogP) is 3.69. The quantitative estimate of drug-likeness (QED) is 0.875. The Labute approximate surface area is 115 Å². The molecule has 1 N–H and O–H groups in total. The summed E-state index contributed by atoms with van der Waals surface area (Å²) >= 11 is 6.38. The molecule has 1 saturated carbocycles. The highest BCUT2D eigenvalue weighted by Crippen LogP contribution is 2.32. The minimum atomic E-state index is 0.841. The lowest BCUT2D eigenvalue weighted by Crippen LogP contribution is -2.26. The van der Waals surface area contributed by atoms with Gasteiger partial charge < -0.3 is 10.2 Å². The average molecular weight is 267 g/mol. The van der Waals surface area contributed by atoms with Gasteiger partial charge in [-0.1, -0.05) is 36.6 Å². The lowest BCUT2D eigenvalue weighted by molar-refractivity contribution is 0.546. The van der Waals surface area contributed by atoms with Crippen LogP contribution in [0.25, 0.3) is 0 Å². The van der Waals surface area contributed by atoms with Gasteiger partial charge in [-0.25, -0.2) is 0 Å². The van der Waals surface area contributed by atoms with Crippen molar-refractivity contribution in [1.29, 1.82) is 0 Å². The first kappa shape index (κ1) is 13.7. The Morgan fingerprint density at radius 2 is 2.06 bits per heavy atom. The molecule has 0 unspecified atom stereocenters. The van der Waals surface area contributed by atoms with Gasteiger partial charge in [-0.15, -0.1) is 0 Å². The van der Waals surface area contributed by atoms with E-state index in [1.165, 1.54) is 36.9 Å². The third kappa shape index (κ3) is 3.18. The topological polar surface area (TPSA) is 15.3 Å². The molecule has 0 radical (unpaired) electrons. The smallest absolute Gasteiger partial charge is 0.0642 e. The number of nitrogens with one attached hydrogen (secondary N) is 1. The minimum absolute atomic E-state index is 0.841. The first-order valence-corrected chi connectivity index (χ1v) is 7.23. The molecule has 0 amide bonds. The van der Waals surface area contributed by atoms with E-state index in [9.17, 15) is 0 Å². The van der Waals surface area contributed by atoms with Crippen molar-refractivity contribution < 1.29 is 0 Å². The molecule has 1 aromatic carbocycles. The van der Waals surface area contributed by atoms with E-state index < -0.39 is 0 Å². The molecule has 0 atom stereocenters. The second-order valence-corrected chi connectivity index (χ2v) is 5.72. The van der Waals surface area contributed by atoms with E-state index in [-0.39, 0.29) is 0 Å². The molecular formula is C15H23ClN2. The maximum atomic E-state index is 6.38. The Kier molecular flexibility index (Phi) is 4.90. The van der Waals surface area contributed by atoms with Crippen LogP contribution >= 0.6 is 11.6 Å². The normalized spacial score (nSPS) is 16.2. The van der Waals surface area contributed by atoms with Crippen LogP contribution in [0.1, 0.15) is 31.2 Å². The van der Waals surface area contributed by atoms with Gasteiger partial charge in [0.05, 0.1) is 10.7 Å². The Hall–Kier alpha value is -0.730. The molecule has 0 aliphatic heterocycles. The maximum absolute atomic E-state index is 6.38. The molecule has 18 heavy (non-hydrogen) atoms. The van der Waals surface area contributed by atoms with Crippen molar-refractivity contribution in [3.8, 4) is 0 Å². The average Bonchev–Trinajstić information content (AvgIpc) is 2.82. The zero-order valence-electron chi connectivity index (χ0n) is 11.4. The molecule has 0 aromatic heterocycles. The summed E-state index contributed by atoms with van der Waals surface area (Å²) in [6, 6.07) is 6.17. The highest BCUT2D eigenvalue weighted by Gasteiger charge is 2.19. The Bertz CT molecular complexity index is 386. The molecule has 1 aliphatic rings. The summed E-state index contributed by atoms with van der Waals surface area (Å²) < 4.78 is 0. The third-order valence-electron chi connectivity index (χ3n) is 3.83. The summed E-state index contributed by atoms with van der Waals surface area (Å²) in [5, 5.41) is 4.08. The van der Waals surface area contributed by atoms with Crippen molar-refractivity contribution in [3.05, 3.63) is 28.8 Å². The van der Waals surface area contributed by atoms with E-state index in [0.717, 1.165) is 24.0 Å². The second kappa shape index (κ2) is 6.44. The van der Waals surface area contributed by atoms with Gasteiger partial charge in [0.15, 0.2) is 0 Å². The first-order valence-electron chi connectivity index (χ1n) is 6.85. The fourth-order valence-corrected chi connectivity index (χ4v) is 3.33. The lowest BCUT2D eigenvalue weighted by Gasteiger charge is -2.26. The van der Waals surface area contributed by atoms with Crippen LogP contribution in [0.3, 0.4) is 0 Å². The lowest BCUT2D eigenvalue weighted by atomic mass is 10.1. The molecule has 2 nitrogen and oxygen atoms in total. The highest BCUT2D eigenvalue weighted by atomic mass is 35.5. The maximum Gasteiger partial charge on any atom is 0.0642 e. The zero-order valence-corrected chi connectivity index (χ0v) is 12.1. The molecule has 0 bridgehead atoms. The highest BCUT2D eigenvalue weighted by molar-refractivity contribution is 6.33. The Morgan fingerprint density at radius 3 is 2.72 bits per heavy atom. The molecular weight excluding hydrogens is 244 g/mol.